The predicted octanol–water partition coefficient (Wildman–Crippen LogP) is 1.66. The first-order valence-corrected chi connectivity index (χ1v) is 6.10. The lowest BCUT2D eigenvalue weighted by atomic mass is 9.96. The third-order valence-electron chi connectivity index (χ3n) is 3.42. The molecule has 1 fully saturated rings. The minimum Gasteiger partial charge on any atom is -0.480 e. The first-order chi connectivity index (χ1) is 8.34. The van der Waals surface area contributed by atoms with E-state index in [1.54, 1.807) is 24.7 Å². The molecule has 1 amide bonds. The lowest BCUT2D eigenvalue weighted by Crippen LogP contribution is -2.54. The van der Waals surface area contributed by atoms with E-state index >= 15 is 0 Å². The summed E-state index contributed by atoms with van der Waals surface area (Å²) < 4.78 is 1.58. The van der Waals surface area contributed by atoms with Gasteiger partial charge in [0, 0.05) is 13.2 Å². The van der Waals surface area contributed by atoms with Crippen LogP contribution in [-0.2, 0) is 11.8 Å². The Kier molecular flexibility index (Phi) is 3.11. The van der Waals surface area contributed by atoms with Crippen molar-refractivity contribution in [3.05, 3.63) is 23.0 Å². The lowest BCUT2D eigenvalue weighted by molar-refractivity contribution is -0.144. The van der Waals surface area contributed by atoms with Crippen LogP contribution in [0.15, 0.2) is 12.3 Å². The number of nitrogens with zero attached hydrogens (tertiary/aromatic N) is 1. The number of aliphatic carboxylic acids is 1. The lowest BCUT2D eigenvalue weighted by Gasteiger charge is -2.26. The summed E-state index contributed by atoms with van der Waals surface area (Å²) in [4.78, 5) is 23.4. The van der Waals surface area contributed by atoms with Crippen molar-refractivity contribution in [3.8, 4) is 0 Å². The SMILES string of the molecule is Cn1cc(Cl)cc1C(=O)N[C@@](C)(C(=O)O)C1CC1. The van der Waals surface area contributed by atoms with Gasteiger partial charge in [0.25, 0.3) is 5.91 Å². The zero-order valence-electron chi connectivity index (χ0n) is 10.2. The summed E-state index contributed by atoms with van der Waals surface area (Å²) in [6, 6.07) is 1.52. The first-order valence-electron chi connectivity index (χ1n) is 5.72. The van der Waals surface area contributed by atoms with Crippen LogP contribution in [0.3, 0.4) is 0 Å². The molecule has 1 atom stereocenters. The number of carbonyl (C=O) groups excluding carboxylic acids is 1. The minimum atomic E-state index is -1.20. The Balaban J connectivity index is 2.20. The molecule has 1 aliphatic carbocycles. The Hall–Kier alpha value is -1.49. The molecule has 0 saturated heterocycles. The maximum absolute atomic E-state index is 12.1. The van der Waals surface area contributed by atoms with Gasteiger partial charge in [-0.2, -0.15) is 0 Å². The summed E-state index contributed by atoms with van der Waals surface area (Å²) in [5.41, 5.74) is -0.846. The molecular weight excluding hydrogens is 256 g/mol. The Labute approximate surface area is 110 Å². The summed E-state index contributed by atoms with van der Waals surface area (Å²) in [6.07, 6.45) is 3.26. The molecule has 2 rings (SSSR count). The number of carboxylic acids is 1. The van der Waals surface area contributed by atoms with E-state index < -0.39 is 17.4 Å². The van der Waals surface area contributed by atoms with E-state index in [9.17, 15) is 14.7 Å². The summed E-state index contributed by atoms with van der Waals surface area (Å²) in [7, 11) is 1.69. The average Bonchev–Trinajstić information content (AvgIpc) is 3.04. The molecule has 5 nitrogen and oxygen atoms in total. The number of amides is 1. The van der Waals surface area contributed by atoms with Crippen LogP contribution in [0.1, 0.15) is 30.3 Å². The van der Waals surface area contributed by atoms with Gasteiger partial charge >= 0.3 is 5.97 Å². The Bertz CT molecular complexity index is 507. The van der Waals surface area contributed by atoms with E-state index in [1.807, 2.05) is 0 Å². The van der Waals surface area contributed by atoms with Crippen LogP contribution >= 0.6 is 11.6 Å². The first kappa shape index (κ1) is 13.0. The highest BCUT2D eigenvalue weighted by Gasteiger charge is 2.48. The summed E-state index contributed by atoms with van der Waals surface area (Å²) >= 11 is 5.80. The van der Waals surface area contributed by atoms with E-state index in [-0.39, 0.29) is 5.92 Å². The van der Waals surface area contributed by atoms with Crippen molar-refractivity contribution in [1.29, 1.82) is 0 Å². The highest BCUT2D eigenvalue weighted by molar-refractivity contribution is 6.31. The maximum atomic E-state index is 12.1. The molecule has 0 spiro atoms. The van der Waals surface area contributed by atoms with Crippen molar-refractivity contribution in [3.63, 3.8) is 0 Å². The Morgan fingerprint density at radius 3 is 2.56 bits per heavy atom. The molecule has 0 aliphatic heterocycles. The van der Waals surface area contributed by atoms with Crippen molar-refractivity contribution in [1.82, 2.24) is 9.88 Å². The van der Waals surface area contributed by atoms with Gasteiger partial charge in [-0.3, -0.25) is 4.79 Å². The average molecular weight is 271 g/mol. The molecule has 1 aliphatic rings. The molecule has 6 heteroatoms. The maximum Gasteiger partial charge on any atom is 0.329 e. The Morgan fingerprint density at radius 2 is 2.17 bits per heavy atom. The van der Waals surface area contributed by atoms with Crippen LogP contribution in [0.4, 0.5) is 0 Å². The number of aryl methyl sites for hydroxylation is 1. The van der Waals surface area contributed by atoms with E-state index in [0.717, 1.165) is 12.8 Å². The van der Waals surface area contributed by atoms with E-state index in [1.165, 1.54) is 6.07 Å². The molecule has 98 valence electrons. The molecule has 18 heavy (non-hydrogen) atoms. The zero-order chi connectivity index (χ0) is 13.5. The van der Waals surface area contributed by atoms with Gasteiger partial charge in [0.2, 0.25) is 0 Å². The number of rotatable bonds is 4. The predicted molar refractivity (Wildman–Crippen MR) is 66.7 cm³/mol. The second-order valence-electron chi connectivity index (χ2n) is 4.89. The molecule has 0 radical (unpaired) electrons. The standard InChI is InChI=1S/C12H15ClN2O3/c1-12(11(17)18,7-3-4-7)14-10(16)9-5-8(13)6-15(9)2/h5-7H,3-4H2,1-2H3,(H,14,16)(H,17,18)/t12-/m1/s1. The van der Waals surface area contributed by atoms with Crippen LogP contribution in [0.5, 0.6) is 0 Å². The highest BCUT2D eigenvalue weighted by atomic mass is 35.5. The smallest absolute Gasteiger partial charge is 0.329 e. The van der Waals surface area contributed by atoms with Crippen molar-refractivity contribution < 1.29 is 14.7 Å². The number of carbonyl (C=O) groups is 2. The van der Waals surface area contributed by atoms with Crippen molar-refractivity contribution in [2.24, 2.45) is 13.0 Å². The fourth-order valence-electron chi connectivity index (χ4n) is 2.04. The third kappa shape index (κ3) is 2.22. The van der Waals surface area contributed by atoms with Crippen LogP contribution in [0.25, 0.3) is 0 Å². The number of carboxylic acid groups (broad SMARTS) is 1. The van der Waals surface area contributed by atoms with E-state index in [0.29, 0.717) is 10.7 Å². The number of nitrogens with one attached hydrogen (secondary N) is 1. The van der Waals surface area contributed by atoms with E-state index in [2.05, 4.69) is 5.32 Å². The van der Waals surface area contributed by atoms with Crippen molar-refractivity contribution in [2.75, 3.05) is 0 Å². The van der Waals surface area contributed by atoms with Crippen LogP contribution in [0.2, 0.25) is 5.02 Å². The van der Waals surface area contributed by atoms with Crippen LogP contribution in [0, 0.1) is 5.92 Å². The summed E-state index contributed by atoms with van der Waals surface area (Å²) in [6.45, 7) is 1.55. The normalized spacial score (nSPS) is 18.2. The monoisotopic (exact) mass is 270 g/mol. The van der Waals surface area contributed by atoms with Gasteiger partial charge in [0.15, 0.2) is 0 Å². The number of halogens is 1. The fourth-order valence-corrected chi connectivity index (χ4v) is 2.29. The topological polar surface area (TPSA) is 71.3 Å². The van der Waals surface area contributed by atoms with Crippen molar-refractivity contribution in [2.45, 2.75) is 25.3 Å². The second kappa shape index (κ2) is 4.31. The number of hydrogen-bond acceptors (Lipinski definition) is 2. The second-order valence-corrected chi connectivity index (χ2v) is 5.33. The van der Waals surface area contributed by atoms with Gasteiger partial charge < -0.3 is 15.0 Å². The zero-order valence-corrected chi connectivity index (χ0v) is 11.0. The fraction of sp³-hybridized carbons (Fsp3) is 0.500. The Morgan fingerprint density at radius 1 is 1.56 bits per heavy atom. The molecule has 1 heterocycles. The molecular formula is C12H15ClN2O3. The minimum absolute atomic E-state index is 0.00897. The molecule has 0 aromatic carbocycles. The van der Waals surface area contributed by atoms with E-state index in [4.69, 9.17) is 11.6 Å². The van der Waals surface area contributed by atoms with Gasteiger partial charge in [-0.1, -0.05) is 11.6 Å². The molecule has 2 N–H and O–H groups in total. The molecule has 0 bridgehead atoms. The number of hydrogen-bond donors (Lipinski definition) is 2. The van der Waals surface area contributed by atoms with Gasteiger partial charge in [-0.15, -0.1) is 0 Å². The van der Waals surface area contributed by atoms with Crippen molar-refractivity contribution >= 4 is 23.5 Å². The van der Waals surface area contributed by atoms with Gasteiger partial charge in [-0.25, -0.2) is 4.79 Å². The van der Waals surface area contributed by atoms with Gasteiger partial charge in [0.05, 0.1) is 5.02 Å². The summed E-state index contributed by atoms with van der Waals surface area (Å²) in [5.74, 6) is -1.41. The summed E-state index contributed by atoms with van der Waals surface area (Å²) in [5, 5.41) is 12.3. The quantitative estimate of drug-likeness (QED) is 0.874. The van der Waals surface area contributed by atoms with Crippen LogP contribution < -0.4 is 5.32 Å². The molecule has 1 aromatic rings. The molecule has 0 unspecified atom stereocenters. The number of aromatic nitrogens is 1. The molecule has 1 aromatic heterocycles. The van der Waals surface area contributed by atoms with Crippen LogP contribution in [-0.4, -0.2) is 27.1 Å². The van der Waals surface area contributed by atoms with Gasteiger partial charge in [-0.05, 0) is 31.7 Å². The largest absolute Gasteiger partial charge is 0.480 e. The highest BCUT2D eigenvalue weighted by Crippen LogP contribution is 2.39. The third-order valence-corrected chi connectivity index (χ3v) is 3.62. The molecule has 1 saturated carbocycles. The van der Waals surface area contributed by atoms with Gasteiger partial charge in [0.1, 0.15) is 11.2 Å².